The van der Waals surface area contributed by atoms with Gasteiger partial charge in [-0.15, -0.1) is 11.8 Å². The SMILES string of the molecule is CCSc1cc(N2CCc3cc(C#N)ccc3C2)cc(C)c1NC(=O)CC(C)(C)C. The lowest BCUT2D eigenvalue weighted by molar-refractivity contribution is -0.117. The first-order valence-electron chi connectivity index (χ1n) is 10.5. The van der Waals surface area contributed by atoms with Crippen LogP contribution in [0.4, 0.5) is 11.4 Å². The third-order valence-electron chi connectivity index (χ3n) is 5.25. The minimum absolute atomic E-state index is 0.0391. The first-order valence-corrected chi connectivity index (χ1v) is 11.5. The number of aryl methyl sites for hydroxylation is 1. The Labute approximate surface area is 184 Å². The molecule has 4 nitrogen and oxygen atoms in total. The molecule has 0 aliphatic carbocycles. The summed E-state index contributed by atoms with van der Waals surface area (Å²) in [4.78, 5) is 16.1. The Bertz CT molecular complexity index is 985. The van der Waals surface area contributed by atoms with Crippen molar-refractivity contribution in [3.05, 3.63) is 52.6 Å². The summed E-state index contributed by atoms with van der Waals surface area (Å²) in [6.45, 7) is 12.2. The lowest BCUT2D eigenvalue weighted by atomic mass is 9.92. The number of carbonyl (C=O) groups is 1. The summed E-state index contributed by atoms with van der Waals surface area (Å²) in [7, 11) is 0. The smallest absolute Gasteiger partial charge is 0.224 e. The highest BCUT2D eigenvalue weighted by molar-refractivity contribution is 7.99. The van der Waals surface area contributed by atoms with E-state index in [2.05, 4.69) is 69.1 Å². The molecule has 0 saturated carbocycles. The summed E-state index contributed by atoms with van der Waals surface area (Å²) >= 11 is 1.77. The highest BCUT2D eigenvalue weighted by Crippen LogP contribution is 2.37. The maximum atomic E-state index is 12.6. The Hall–Kier alpha value is -2.45. The number of hydrogen-bond donors (Lipinski definition) is 1. The molecule has 1 aliphatic rings. The van der Waals surface area contributed by atoms with Gasteiger partial charge in [0.15, 0.2) is 0 Å². The number of nitrogens with one attached hydrogen (secondary N) is 1. The summed E-state index contributed by atoms with van der Waals surface area (Å²) < 4.78 is 0. The molecule has 0 fully saturated rings. The Kier molecular flexibility index (Phi) is 6.77. The molecule has 30 heavy (non-hydrogen) atoms. The minimum atomic E-state index is -0.0391. The van der Waals surface area contributed by atoms with Gasteiger partial charge in [0, 0.05) is 30.1 Å². The molecule has 0 radical (unpaired) electrons. The average molecular weight is 422 g/mol. The van der Waals surface area contributed by atoms with Crippen molar-refractivity contribution in [2.75, 3.05) is 22.5 Å². The molecule has 5 heteroatoms. The molecule has 0 bridgehead atoms. The first kappa shape index (κ1) is 22.2. The van der Waals surface area contributed by atoms with Crippen molar-refractivity contribution in [2.24, 2.45) is 5.41 Å². The van der Waals surface area contributed by atoms with Crippen LogP contribution in [-0.2, 0) is 17.8 Å². The van der Waals surface area contributed by atoms with Crippen molar-refractivity contribution in [3.8, 4) is 6.07 Å². The monoisotopic (exact) mass is 421 g/mol. The van der Waals surface area contributed by atoms with Crippen molar-refractivity contribution in [2.45, 2.75) is 58.9 Å². The molecule has 158 valence electrons. The molecule has 1 N–H and O–H groups in total. The highest BCUT2D eigenvalue weighted by Gasteiger charge is 2.21. The molecular formula is C25H31N3OS. The number of carbonyl (C=O) groups excluding carboxylic acids is 1. The predicted octanol–water partition coefficient (Wildman–Crippen LogP) is 5.92. The van der Waals surface area contributed by atoms with E-state index in [1.807, 2.05) is 12.1 Å². The van der Waals surface area contributed by atoms with E-state index in [-0.39, 0.29) is 11.3 Å². The zero-order valence-electron chi connectivity index (χ0n) is 18.6. The first-order chi connectivity index (χ1) is 14.2. The van der Waals surface area contributed by atoms with Crippen molar-refractivity contribution in [1.29, 1.82) is 5.26 Å². The van der Waals surface area contributed by atoms with Crippen LogP contribution >= 0.6 is 11.8 Å². The van der Waals surface area contributed by atoms with Crippen molar-refractivity contribution < 1.29 is 4.79 Å². The molecule has 0 unspecified atom stereocenters. The number of amides is 1. The fourth-order valence-electron chi connectivity index (χ4n) is 3.86. The van der Waals surface area contributed by atoms with Gasteiger partial charge in [-0.25, -0.2) is 0 Å². The molecule has 0 spiro atoms. The number of benzene rings is 2. The van der Waals surface area contributed by atoms with E-state index in [1.165, 1.54) is 16.8 Å². The molecule has 2 aromatic rings. The van der Waals surface area contributed by atoms with Crippen molar-refractivity contribution in [3.63, 3.8) is 0 Å². The second-order valence-electron chi connectivity index (χ2n) is 9.12. The van der Waals surface area contributed by atoms with Gasteiger partial charge in [0.05, 0.1) is 17.3 Å². The van der Waals surface area contributed by atoms with Gasteiger partial charge < -0.3 is 10.2 Å². The number of anilines is 2. The zero-order chi connectivity index (χ0) is 21.9. The molecule has 1 heterocycles. The van der Waals surface area contributed by atoms with Crippen molar-refractivity contribution in [1.82, 2.24) is 0 Å². The Morgan fingerprint density at radius 3 is 2.67 bits per heavy atom. The fourth-order valence-corrected chi connectivity index (χ4v) is 4.73. The number of nitriles is 1. The molecule has 1 amide bonds. The van der Waals surface area contributed by atoms with Gasteiger partial charge in [-0.1, -0.05) is 33.8 Å². The molecule has 2 aromatic carbocycles. The van der Waals surface area contributed by atoms with E-state index in [4.69, 9.17) is 5.26 Å². The van der Waals surface area contributed by atoms with E-state index in [0.29, 0.717) is 6.42 Å². The Morgan fingerprint density at radius 2 is 2.00 bits per heavy atom. The summed E-state index contributed by atoms with van der Waals surface area (Å²) in [5.74, 6) is 1.02. The molecule has 0 saturated heterocycles. The molecular weight excluding hydrogens is 390 g/mol. The van der Waals surface area contributed by atoms with E-state index in [9.17, 15) is 4.79 Å². The quantitative estimate of drug-likeness (QED) is 0.609. The van der Waals surface area contributed by atoms with Crippen LogP contribution in [0.1, 0.15) is 56.4 Å². The van der Waals surface area contributed by atoms with Crippen LogP contribution in [-0.4, -0.2) is 18.2 Å². The second-order valence-corrected chi connectivity index (χ2v) is 10.4. The number of nitrogens with zero attached hydrogens (tertiary/aromatic N) is 2. The summed E-state index contributed by atoms with van der Waals surface area (Å²) in [5, 5.41) is 12.3. The third kappa shape index (κ3) is 5.37. The number of hydrogen-bond acceptors (Lipinski definition) is 4. The second kappa shape index (κ2) is 9.14. The van der Waals surface area contributed by atoms with Gasteiger partial charge in [-0.2, -0.15) is 5.26 Å². The highest BCUT2D eigenvalue weighted by atomic mass is 32.2. The third-order valence-corrected chi connectivity index (χ3v) is 6.17. The summed E-state index contributed by atoms with van der Waals surface area (Å²) in [6, 6.07) is 12.6. The Balaban J connectivity index is 1.86. The van der Waals surface area contributed by atoms with E-state index >= 15 is 0 Å². The number of fused-ring (bicyclic) bond motifs is 1. The van der Waals surface area contributed by atoms with Gasteiger partial charge in [0.25, 0.3) is 0 Å². The Morgan fingerprint density at radius 1 is 1.23 bits per heavy atom. The normalized spacial score (nSPS) is 13.5. The van der Waals surface area contributed by atoms with Crippen LogP contribution in [0, 0.1) is 23.7 Å². The lowest BCUT2D eigenvalue weighted by Crippen LogP contribution is -2.30. The molecule has 3 rings (SSSR count). The van der Waals surface area contributed by atoms with Crippen LogP contribution in [0.5, 0.6) is 0 Å². The van der Waals surface area contributed by atoms with Gasteiger partial charge in [0.2, 0.25) is 5.91 Å². The van der Waals surface area contributed by atoms with Gasteiger partial charge in [-0.05, 0) is 65.5 Å². The van der Waals surface area contributed by atoms with E-state index in [1.54, 1.807) is 11.8 Å². The van der Waals surface area contributed by atoms with Crippen LogP contribution < -0.4 is 10.2 Å². The topological polar surface area (TPSA) is 56.1 Å². The minimum Gasteiger partial charge on any atom is -0.367 e. The summed E-state index contributed by atoms with van der Waals surface area (Å²) in [5.41, 5.74) is 6.47. The average Bonchev–Trinajstić information content (AvgIpc) is 2.68. The maximum Gasteiger partial charge on any atom is 0.224 e. The fraction of sp³-hybridized carbons (Fsp3) is 0.440. The van der Waals surface area contributed by atoms with E-state index in [0.717, 1.165) is 47.0 Å². The zero-order valence-corrected chi connectivity index (χ0v) is 19.4. The van der Waals surface area contributed by atoms with Crippen LogP contribution in [0.2, 0.25) is 0 Å². The van der Waals surface area contributed by atoms with Crippen LogP contribution in [0.3, 0.4) is 0 Å². The van der Waals surface area contributed by atoms with Gasteiger partial charge in [-0.3, -0.25) is 4.79 Å². The van der Waals surface area contributed by atoms with Crippen LogP contribution in [0.25, 0.3) is 0 Å². The molecule has 0 aromatic heterocycles. The lowest BCUT2D eigenvalue weighted by Gasteiger charge is -2.32. The molecule has 0 atom stereocenters. The van der Waals surface area contributed by atoms with Crippen molar-refractivity contribution >= 4 is 29.0 Å². The predicted molar refractivity (Wildman–Crippen MR) is 126 cm³/mol. The van der Waals surface area contributed by atoms with E-state index < -0.39 is 0 Å². The number of rotatable bonds is 5. The van der Waals surface area contributed by atoms with Gasteiger partial charge in [0.1, 0.15) is 0 Å². The summed E-state index contributed by atoms with van der Waals surface area (Å²) in [6.07, 6.45) is 1.43. The number of thioether (sulfide) groups is 1. The largest absolute Gasteiger partial charge is 0.367 e. The molecule has 1 aliphatic heterocycles. The maximum absolute atomic E-state index is 12.6. The van der Waals surface area contributed by atoms with Gasteiger partial charge >= 0.3 is 0 Å². The standard InChI is InChI=1S/C25H31N3OS/c1-6-30-22-13-21(11-17(2)24(22)27-23(29)14-25(3,4)5)28-10-9-19-12-18(15-26)7-8-20(19)16-28/h7-8,11-13H,6,9-10,14,16H2,1-5H3,(H,27,29). The van der Waals surface area contributed by atoms with Crippen LogP contribution in [0.15, 0.2) is 35.2 Å².